The number of hydrogen-bond donors (Lipinski definition) is 1. The molecule has 2 rings (SSSR count). The summed E-state index contributed by atoms with van der Waals surface area (Å²) in [6, 6.07) is 5.55. The average molecular weight is 280 g/mol. The standard InChI is InChI=1S/C13H14ClN3O2/c1-8-3-4-10(14)7-12(8)17-9(2)11(15-16-17)5-6-13(18)19/h3-4,7H,5-6H2,1-2H3,(H,18,19). The van der Waals surface area contributed by atoms with E-state index in [-0.39, 0.29) is 6.42 Å². The zero-order valence-corrected chi connectivity index (χ0v) is 11.5. The first-order valence-electron chi connectivity index (χ1n) is 5.88. The van der Waals surface area contributed by atoms with Gasteiger partial charge in [0.25, 0.3) is 0 Å². The van der Waals surface area contributed by atoms with E-state index in [0.29, 0.717) is 17.1 Å². The van der Waals surface area contributed by atoms with E-state index < -0.39 is 5.97 Å². The number of carboxylic acids is 1. The summed E-state index contributed by atoms with van der Waals surface area (Å²) in [7, 11) is 0. The molecule has 6 heteroatoms. The van der Waals surface area contributed by atoms with Crippen molar-refractivity contribution < 1.29 is 9.90 Å². The molecule has 0 saturated heterocycles. The second kappa shape index (κ2) is 5.40. The summed E-state index contributed by atoms with van der Waals surface area (Å²) in [5, 5.41) is 17.4. The minimum atomic E-state index is -0.840. The van der Waals surface area contributed by atoms with E-state index in [0.717, 1.165) is 16.9 Å². The second-order valence-corrected chi connectivity index (χ2v) is 4.79. The molecule has 0 saturated carbocycles. The van der Waals surface area contributed by atoms with E-state index in [1.54, 1.807) is 4.68 Å². The van der Waals surface area contributed by atoms with Crippen LogP contribution in [-0.4, -0.2) is 26.1 Å². The Bertz CT molecular complexity index is 622. The molecule has 19 heavy (non-hydrogen) atoms. The van der Waals surface area contributed by atoms with Gasteiger partial charge in [0.1, 0.15) is 0 Å². The number of benzene rings is 1. The van der Waals surface area contributed by atoms with Gasteiger partial charge in [-0.25, -0.2) is 4.68 Å². The number of nitrogens with zero attached hydrogens (tertiary/aromatic N) is 3. The first kappa shape index (κ1) is 13.5. The van der Waals surface area contributed by atoms with Gasteiger partial charge < -0.3 is 5.11 Å². The third-order valence-electron chi connectivity index (χ3n) is 2.97. The minimum Gasteiger partial charge on any atom is -0.481 e. The van der Waals surface area contributed by atoms with Crippen molar-refractivity contribution in [3.05, 3.63) is 40.2 Å². The molecule has 0 aliphatic heterocycles. The van der Waals surface area contributed by atoms with Crippen molar-refractivity contribution in [3.8, 4) is 5.69 Å². The number of hydrogen-bond acceptors (Lipinski definition) is 3. The topological polar surface area (TPSA) is 68.0 Å². The third-order valence-corrected chi connectivity index (χ3v) is 3.20. The van der Waals surface area contributed by atoms with E-state index in [9.17, 15) is 4.79 Å². The van der Waals surface area contributed by atoms with Crippen LogP contribution in [0.25, 0.3) is 5.69 Å². The highest BCUT2D eigenvalue weighted by molar-refractivity contribution is 6.30. The lowest BCUT2D eigenvalue weighted by atomic mass is 10.2. The van der Waals surface area contributed by atoms with Crippen molar-refractivity contribution >= 4 is 17.6 Å². The number of halogens is 1. The van der Waals surface area contributed by atoms with Gasteiger partial charge in [0, 0.05) is 11.4 Å². The number of carboxylic acid groups (broad SMARTS) is 1. The summed E-state index contributed by atoms with van der Waals surface area (Å²) < 4.78 is 1.69. The van der Waals surface area contributed by atoms with E-state index in [1.807, 2.05) is 32.0 Å². The molecule has 0 aliphatic carbocycles. The van der Waals surface area contributed by atoms with Gasteiger partial charge in [0.05, 0.1) is 23.5 Å². The van der Waals surface area contributed by atoms with Crippen molar-refractivity contribution in [3.63, 3.8) is 0 Å². The summed E-state index contributed by atoms with van der Waals surface area (Å²) >= 11 is 5.99. The van der Waals surface area contributed by atoms with E-state index in [4.69, 9.17) is 16.7 Å². The molecule has 100 valence electrons. The Morgan fingerprint density at radius 1 is 1.42 bits per heavy atom. The summed E-state index contributed by atoms with van der Waals surface area (Å²) in [5.74, 6) is -0.840. The molecular weight excluding hydrogens is 266 g/mol. The highest BCUT2D eigenvalue weighted by Gasteiger charge is 2.13. The van der Waals surface area contributed by atoms with Crippen LogP contribution in [0.4, 0.5) is 0 Å². The molecule has 0 amide bonds. The molecule has 1 aromatic heterocycles. The van der Waals surface area contributed by atoms with Crippen LogP contribution in [0.5, 0.6) is 0 Å². The summed E-state index contributed by atoms with van der Waals surface area (Å²) in [6.07, 6.45) is 0.425. The quantitative estimate of drug-likeness (QED) is 0.934. The first-order valence-corrected chi connectivity index (χ1v) is 6.26. The van der Waals surface area contributed by atoms with Crippen LogP contribution in [0.1, 0.15) is 23.4 Å². The van der Waals surface area contributed by atoms with Crippen molar-refractivity contribution in [1.29, 1.82) is 0 Å². The largest absolute Gasteiger partial charge is 0.481 e. The molecule has 1 N–H and O–H groups in total. The van der Waals surface area contributed by atoms with Crippen LogP contribution < -0.4 is 0 Å². The Balaban J connectivity index is 2.36. The fourth-order valence-electron chi connectivity index (χ4n) is 1.86. The number of aryl methyl sites for hydroxylation is 2. The molecule has 0 fully saturated rings. The van der Waals surface area contributed by atoms with Crippen molar-refractivity contribution in [1.82, 2.24) is 15.0 Å². The highest BCUT2D eigenvalue weighted by Crippen LogP contribution is 2.21. The van der Waals surface area contributed by atoms with Crippen molar-refractivity contribution in [2.24, 2.45) is 0 Å². The van der Waals surface area contributed by atoms with Gasteiger partial charge in [-0.05, 0) is 31.5 Å². The molecule has 0 radical (unpaired) electrons. The number of carbonyl (C=O) groups is 1. The monoisotopic (exact) mass is 279 g/mol. The van der Waals surface area contributed by atoms with Crippen LogP contribution in [0.2, 0.25) is 5.02 Å². The lowest BCUT2D eigenvalue weighted by molar-refractivity contribution is -0.136. The van der Waals surface area contributed by atoms with Crippen LogP contribution >= 0.6 is 11.6 Å². The number of aromatic nitrogens is 3. The maximum Gasteiger partial charge on any atom is 0.303 e. The Labute approximate surface area is 115 Å². The lowest BCUT2D eigenvalue weighted by Crippen LogP contribution is -2.03. The molecular formula is C13H14ClN3O2. The second-order valence-electron chi connectivity index (χ2n) is 4.36. The zero-order valence-electron chi connectivity index (χ0n) is 10.7. The summed E-state index contributed by atoms with van der Waals surface area (Å²) in [4.78, 5) is 10.6. The fourth-order valence-corrected chi connectivity index (χ4v) is 2.02. The molecule has 0 bridgehead atoms. The van der Waals surface area contributed by atoms with Gasteiger partial charge in [-0.15, -0.1) is 5.10 Å². The van der Waals surface area contributed by atoms with Gasteiger partial charge in [-0.1, -0.05) is 22.9 Å². The van der Waals surface area contributed by atoms with Gasteiger partial charge in [0.15, 0.2) is 0 Å². The zero-order chi connectivity index (χ0) is 14.0. The Morgan fingerprint density at radius 3 is 2.84 bits per heavy atom. The Hall–Kier alpha value is -1.88. The van der Waals surface area contributed by atoms with Crippen LogP contribution in [-0.2, 0) is 11.2 Å². The molecule has 0 atom stereocenters. The molecule has 0 aliphatic rings. The maximum atomic E-state index is 10.6. The molecule has 2 aromatic rings. The number of rotatable bonds is 4. The highest BCUT2D eigenvalue weighted by atomic mass is 35.5. The summed E-state index contributed by atoms with van der Waals surface area (Å²) in [5.41, 5.74) is 3.43. The van der Waals surface area contributed by atoms with E-state index >= 15 is 0 Å². The van der Waals surface area contributed by atoms with Crippen LogP contribution in [0, 0.1) is 13.8 Å². The van der Waals surface area contributed by atoms with Crippen LogP contribution in [0.15, 0.2) is 18.2 Å². The minimum absolute atomic E-state index is 0.0497. The Kier molecular flexibility index (Phi) is 3.85. The van der Waals surface area contributed by atoms with Gasteiger partial charge in [-0.2, -0.15) is 0 Å². The molecule has 0 spiro atoms. The normalized spacial score (nSPS) is 10.7. The van der Waals surface area contributed by atoms with Crippen LogP contribution in [0.3, 0.4) is 0 Å². The summed E-state index contributed by atoms with van der Waals surface area (Å²) in [6.45, 7) is 3.83. The van der Waals surface area contributed by atoms with Gasteiger partial charge in [-0.3, -0.25) is 4.79 Å². The van der Waals surface area contributed by atoms with Gasteiger partial charge >= 0.3 is 5.97 Å². The molecule has 1 aromatic carbocycles. The average Bonchev–Trinajstić information content (AvgIpc) is 2.71. The lowest BCUT2D eigenvalue weighted by Gasteiger charge is -2.07. The van der Waals surface area contributed by atoms with E-state index in [1.165, 1.54) is 0 Å². The molecule has 1 heterocycles. The molecule has 5 nitrogen and oxygen atoms in total. The predicted octanol–water partition coefficient (Wildman–Crippen LogP) is 2.55. The third kappa shape index (κ3) is 2.93. The van der Waals surface area contributed by atoms with E-state index in [2.05, 4.69) is 10.3 Å². The fraction of sp³-hybridized carbons (Fsp3) is 0.308. The SMILES string of the molecule is Cc1ccc(Cl)cc1-n1nnc(CCC(=O)O)c1C. The van der Waals surface area contributed by atoms with Crippen molar-refractivity contribution in [2.75, 3.05) is 0 Å². The Morgan fingerprint density at radius 2 is 2.16 bits per heavy atom. The number of aliphatic carboxylic acids is 1. The first-order chi connectivity index (χ1) is 8.99. The predicted molar refractivity (Wildman–Crippen MR) is 71.8 cm³/mol. The smallest absolute Gasteiger partial charge is 0.303 e. The van der Waals surface area contributed by atoms with Gasteiger partial charge in [0.2, 0.25) is 0 Å². The maximum absolute atomic E-state index is 10.6. The van der Waals surface area contributed by atoms with Crippen molar-refractivity contribution in [2.45, 2.75) is 26.7 Å². The molecule has 0 unspecified atom stereocenters.